The van der Waals surface area contributed by atoms with Crippen molar-refractivity contribution in [3.05, 3.63) is 0 Å². The lowest BCUT2D eigenvalue weighted by Gasteiger charge is -2.35. The number of aliphatic imine (C=N–C) groups is 1. The summed E-state index contributed by atoms with van der Waals surface area (Å²) >= 11 is 0. The van der Waals surface area contributed by atoms with Crippen molar-refractivity contribution in [2.45, 2.75) is 58.8 Å². The van der Waals surface area contributed by atoms with E-state index in [9.17, 15) is 4.39 Å². The Bertz CT molecular complexity index is 214. The summed E-state index contributed by atoms with van der Waals surface area (Å²) in [6.07, 6.45) is 2.58. The van der Waals surface area contributed by atoms with E-state index in [4.69, 9.17) is 0 Å². The van der Waals surface area contributed by atoms with Crippen molar-refractivity contribution < 1.29 is 4.39 Å². The average Bonchev–Trinajstić information content (AvgIpc) is 2.15. The second kappa shape index (κ2) is 5.47. The lowest BCUT2D eigenvalue weighted by molar-refractivity contribution is 0.249. The largest absolute Gasteiger partial charge is 0.373 e. The average molecular weight is 214 g/mol. The topological polar surface area (TPSA) is 24.4 Å². The molecule has 0 fully saturated rings. The van der Waals surface area contributed by atoms with Gasteiger partial charge in [-0.2, -0.15) is 0 Å². The van der Waals surface area contributed by atoms with Gasteiger partial charge in [-0.15, -0.1) is 0 Å². The molecule has 0 saturated carbocycles. The SMILES string of the molecule is CC(F)CC[C@H]1N=CNC(C(C)C)C1C. The van der Waals surface area contributed by atoms with Gasteiger partial charge in [0.2, 0.25) is 0 Å². The number of rotatable bonds is 4. The maximum atomic E-state index is 12.8. The van der Waals surface area contributed by atoms with E-state index in [1.165, 1.54) is 0 Å². The molecular formula is C12H23FN2. The van der Waals surface area contributed by atoms with Crippen molar-refractivity contribution in [2.24, 2.45) is 16.8 Å². The zero-order chi connectivity index (χ0) is 11.4. The Morgan fingerprint density at radius 1 is 1.40 bits per heavy atom. The monoisotopic (exact) mass is 214 g/mol. The maximum absolute atomic E-state index is 12.8. The lowest BCUT2D eigenvalue weighted by Crippen LogP contribution is -2.46. The second-order valence-corrected chi connectivity index (χ2v) is 5.00. The summed E-state index contributed by atoms with van der Waals surface area (Å²) < 4.78 is 12.8. The Kier molecular flexibility index (Phi) is 4.55. The molecule has 1 rings (SSSR count). The van der Waals surface area contributed by atoms with Gasteiger partial charge in [-0.3, -0.25) is 4.99 Å². The number of halogens is 1. The summed E-state index contributed by atoms with van der Waals surface area (Å²) in [6, 6.07) is 0.763. The van der Waals surface area contributed by atoms with Crippen LogP contribution in [-0.4, -0.2) is 24.6 Å². The molecule has 1 aliphatic heterocycles. The van der Waals surface area contributed by atoms with Gasteiger partial charge >= 0.3 is 0 Å². The van der Waals surface area contributed by atoms with Crippen molar-refractivity contribution in [2.75, 3.05) is 0 Å². The van der Waals surface area contributed by atoms with Gasteiger partial charge in [0.05, 0.1) is 18.6 Å². The van der Waals surface area contributed by atoms with Gasteiger partial charge < -0.3 is 5.32 Å². The van der Waals surface area contributed by atoms with Crippen LogP contribution < -0.4 is 5.32 Å². The molecule has 15 heavy (non-hydrogen) atoms. The highest BCUT2D eigenvalue weighted by Crippen LogP contribution is 2.24. The van der Waals surface area contributed by atoms with E-state index in [2.05, 4.69) is 31.1 Å². The standard InChI is InChI=1S/C12H23FN2/c1-8(2)12-10(4)11(14-7-15-12)6-5-9(3)13/h7-12H,5-6H2,1-4H3,(H,14,15)/t9?,10?,11-,12?/m1/s1. The Morgan fingerprint density at radius 2 is 2.07 bits per heavy atom. The molecule has 3 heteroatoms. The highest BCUT2D eigenvalue weighted by molar-refractivity contribution is 5.56. The Balaban J connectivity index is 2.51. The van der Waals surface area contributed by atoms with Crippen LogP contribution in [0.25, 0.3) is 0 Å². The van der Waals surface area contributed by atoms with Crippen LogP contribution in [0.2, 0.25) is 0 Å². The molecule has 3 unspecified atom stereocenters. The quantitative estimate of drug-likeness (QED) is 0.764. The molecule has 0 aromatic heterocycles. The van der Waals surface area contributed by atoms with Crippen LogP contribution in [0, 0.1) is 11.8 Å². The third-order valence-corrected chi connectivity index (χ3v) is 3.28. The molecule has 88 valence electrons. The Hall–Kier alpha value is -0.600. The minimum Gasteiger partial charge on any atom is -0.373 e. The molecule has 0 aliphatic carbocycles. The van der Waals surface area contributed by atoms with Crippen LogP contribution >= 0.6 is 0 Å². The fourth-order valence-corrected chi connectivity index (χ4v) is 2.29. The fraction of sp³-hybridized carbons (Fsp3) is 0.917. The molecule has 0 aromatic rings. The molecule has 0 spiro atoms. The first-order valence-corrected chi connectivity index (χ1v) is 5.94. The van der Waals surface area contributed by atoms with E-state index in [0.717, 1.165) is 6.42 Å². The molecular weight excluding hydrogens is 191 g/mol. The highest BCUT2D eigenvalue weighted by Gasteiger charge is 2.29. The third-order valence-electron chi connectivity index (χ3n) is 3.28. The maximum Gasteiger partial charge on any atom is 0.0974 e. The molecule has 0 amide bonds. The molecule has 1 heterocycles. The highest BCUT2D eigenvalue weighted by atomic mass is 19.1. The zero-order valence-corrected chi connectivity index (χ0v) is 10.2. The summed E-state index contributed by atoms with van der Waals surface area (Å²) in [4.78, 5) is 4.41. The number of alkyl halides is 1. The van der Waals surface area contributed by atoms with Crippen molar-refractivity contribution in [3.8, 4) is 0 Å². The molecule has 1 aliphatic rings. The number of nitrogens with one attached hydrogen (secondary N) is 1. The van der Waals surface area contributed by atoms with E-state index in [1.807, 2.05) is 0 Å². The first kappa shape index (κ1) is 12.5. The zero-order valence-electron chi connectivity index (χ0n) is 10.2. The van der Waals surface area contributed by atoms with E-state index < -0.39 is 6.17 Å². The van der Waals surface area contributed by atoms with Gasteiger partial charge in [0, 0.05) is 6.04 Å². The summed E-state index contributed by atoms with van der Waals surface area (Å²) in [5, 5.41) is 3.30. The van der Waals surface area contributed by atoms with E-state index in [1.54, 1.807) is 13.3 Å². The van der Waals surface area contributed by atoms with Gasteiger partial charge in [-0.25, -0.2) is 4.39 Å². The van der Waals surface area contributed by atoms with Crippen molar-refractivity contribution in [1.29, 1.82) is 0 Å². The smallest absolute Gasteiger partial charge is 0.0974 e. The summed E-state index contributed by atoms with van der Waals surface area (Å²) in [6.45, 7) is 8.25. The van der Waals surface area contributed by atoms with Gasteiger partial charge in [-0.05, 0) is 31.6 Å². The summed E-state index contributed by atoms with van der Waals surface area (Å²) in [5.74, 6) is 1.09. The van der Waals surface area contributed by atoms with Crippen LogP contribution in [0.1, 0.15) is 40.5 Å². The van der Waals surface area contributed by atoms with E-state index in [-0.39, 0.29) is 6.04 Å². The third kappa shape index (κ3) is 3.47. The first-order chi connectivity index (χ1) is 7.02. The lowest BCUT2D eigenvalue weighted by atomic mass is 9.83. The predicted molar refractivity (Wildman–Crippen MR) is 63.0 cm³/mol. The normalized spacial score (nSPS) is 32.8. The molecule has 4 atom stereocenters. The van der Waals surface area contributed by atoms with Gasteiger partial charge in [0.15, 0.2) is 0 Å². The molecule has 0 radical (unpaired) electrons. The van der Waals surface area contributed by atoms with Crippen LogP contribution in [0.15, 0.2) is 4.99 Å². The van der Waals surface area contributed by atoms with Gasteiger partial charge in [0.25, 0.3) is 0 Å². The molecule has 2 nitrogen and oxygen atoms in total. The van der Waals surface area contributed by atoms with E-state index in [0.29, 0.717) is 24.3 Å². The molecule has 1 N–H and O–H groups in total. The van der Waals surface area contributed by atoms with Gasteiger partial charge in [0.1, 0.15) is 0 Å². The van der Waals surface area contributed by atoms with Crippen molar-refractivity contribution >= 4 is 6.34 Å². The van der Waals surface area contributed by atoms with Crippen molar-refractivity contribution in [3.63, 3.8) is 0 Å². The fourth-order valence-electron chi connectivity index (χ4n) is 2.29. The number of hydrogen-bond donors (Lipinski definition) is 1. The number of nitrogens with zero attached hydrogens (tertiary/aromatic N) is 1. The number of hydrogen-bond acceptors (Lipinski definition) is 2. The summed E-state index contributed by atoms with van der Waals surface area (Å²) in [7, 11) is 0. The Morgan fingerprint density at radius 3 is 2.60 bits per heavy atom. The van der Waals surface area contributed by atoms with Crippen LogP contribution in [0.4, 0.5) is 4.39 Å². The first-order valence-electron chi connectivity index (χ1n) is 5.94. The molecule has 0 aromatic carbocycles. The van der Waals surface area contributed by atoms with Crippen LogP contribution in [0.5, 0.6) is 0 Å². The minimum atomic E-state index is -0.709. The van der Waals surface area contributed by atoms with Gasteiger partial charge in [-0.1, -0.05) is 20.8 Å². The molecule has 0 bridgehead atoms. The van der Waals surface area contributed by atoms with E-state index >= 15 is 0 Å². The van der Waals surface area contributed by atoms with Crippen LogP contribution in [-0.2, 0) is 0 Å². The summed E-state index contributed by atoms with van der Waals surface area (Å²) in [5.41, 5.74) is 0. The predicted octanol–water partition coefficient (Wildman–Crippen LogP) is 2.79. The minimum absolute atomic E-state index is 0.289. The van der Waals surface area contributed by atoms with Crippen LogP contribution in [0.3, 0.4) is 0 Å². The molecule has 0 saturated heterocycles. The Labute approximate surface area is 92.4 Å². The van der Waals surface area contributed by atoms with Crippen molar-refractivity contribution in [1.82, 2.24) is 5.32 Å². The second-order valence-electron chi connectivity index (χ2n) is 5.00.